The van der Waals surface area contributed by atoms with E-state index in [1.807, 2.05) is 42.6 Å². The summed E-state index contributed by atoms with van der Waals surface area (Å²) >= 11 is 0. The zero-order chi connectivity index (χ0) is 22.4. The van der Waals surface area contributed by atoms with Crippen LogP contribution in [0.15, 0.2) is 77.8 Å². The van der Waals surface area contributed by atoms with Crippen molar-refractivity contribution in [3.63, 3.8) is 0 Å². The molecule has 0 aromatic heterocycles. The largest absolute Gasteiger partial charge is 0.494 e. The molecular weight excluding hydrogens is 394 g/mol. The normalized spacial score (nSPS) is 11.1. The minimum atomic E-state index is 0.775. The molecule has 0 unspecified atom stereocenters. The van der Waals surface area contributed by atoms with Crippen LogP contribution in [0, 0.1) is 0 Å². The smallest absolute Gasteiger partial charge is 0.119 e. The lowest BCUT2D eigenvalue weighted by atomic mass is 10.0. The highest BCUT2D eigenvalue weighted by Crippen LogP contribution is 2.23. The fourth-order valence-corrected chi connectivity index (χ4v) is 3.37. The summed E-state index contributed by atoms with van der Waals surface area (Å²) in [4.78, 5) is 4.59. The molecule has 3 rings (SSSR count). The van der Waals surface area contributed by atoms with Crippen LogP contribution in [0.4, 0.5) is 5.69 Å². The van der Waals surface area contributed by atoms with Crippen LogP contribution in [0.25, 0.3) is 11.1 Å². The Kier molecular flexibility index (Phi) is 9.85. The quantitative estimate of drug-likeness (QED) is 0.202. The van der Waals surface area contributed by atoms with Gasteiger partial charge in [-0.05, 0) is 65.9 Å². The van der Waals surface area contributed by atoms with E-state index in [0.717, 1.165) is 48.8 Å². The first kappa shape index (κ1) is 23.6. The summed E-state index contributed by atoms with van der Waals surface area (Å²) in [7, 11) is 0. The molecule has 0 spiro atoms. The first-order valence-electron chi connectivity index (χ1n) is 11.9. The van der Waals surface area contributed by atoms with Gasteiger partial charge in [0.25, 0.3) is 0 Å². The Bertz CT molecular complexity index is 928. The third-order valence-corrected chi connectivity index (χ3v) is 5.33. The van der Waals surface area contributed by atoms with Gasteiger partial charge in [0, 0.05) is 6.21 Å². The highest BCUT2D eigenvalue weighted by molar-refractivity contribution is 5.83. The standard InChI is InChI=1S/C29H35NO2/c1-3-5-7-21-31-28-17-13-26(14-18-28)25-11-9-24(10-12-25)23-30-27-15-19-29(20-16-27)32-22-8-6-4-2/h9-20,23H,3-8,21-22H2,1-2H3. The number of hydrogen-bond acceptors (Lipinski definition) is 3. The molecule has 0 aliphatic carbocycles. The summed E-state index contributed by atoms with van der Waals surface area (Å²) < 4.78 is 11.6. The van der Waals surface area contributed by atoms with E-state index in [2.05, 4.69) is 55.2 Å². The average Bonchev–Trinajstić information content (AvgIpc) is 2.85. The third kappa shape index (κ3) is 7.88. The van der Waals surface area contributed by atoms with E-state index in [0.29, 0.717) is 0 Å². The molecule has 3 nitrogen and oxygen atoms in total. The molecule has 32 heavy (non-hydrogen) atoms. The Balaban J connectivity index is 1.51. The maximum absolute atomic E-state index is 5.80. The Hall–Kier alpha value is -3.07. The molecule has 0 N–H and O–H groups in total. The first-order valence-corrected chi connectivity index (χ1v) is 11.9. The summed E-state index contributed by atoms with van der Waals surface area (Å²) in [6, 6.07) is 24.7. The van der Waals surface area contributed by atoms with Crippen LogP contribution >= 0.6 is 0 Å². The summed E-state index contributed by atoms with van der Waals surface area (Å²) in [6.07, 6.45) is 8.95. The van der Waals surface area contributed by atoms with Crippen molar-refractivity contribution < 1.29 is 9.47 Å². The van der Waals surface area contributed by atoms with Crippen LogP contribution in [0.5, 0.6) is 11.5 Å². The second-order valence-corrected chi connectivity index (χ2v) is 8.01. The van der Waals surface area contributed by atoms with Crippen molar-refractivity contribution in [2.24, 2.45) is 4.99 Å². The van der Waals surface area contributed by atoms with Crippen LogP contribution in [0.1, 0.15) is 57.9 Å². The van der Waals surface area contributed by atoms with Gasteiger partial charge in [-0.15, -0.1) is 0 Å². The highest BCUT2D eigenvalue weighted by Gasteiger charge is 2.00. The zero-order valence-corrected chi connectivity index (χ0v) is 19.4. The van der Waals surface area contributed by atoms with Gasteiger partial charge in [-0.3, -0.25) is 4.99 Å². The van der Waals surface area contributed by atoms with Crippen molar-refractivity contribution in [2.75, 3.05) is 13.2 Å². The predicted molar refractivity (Wildman–Crippen MR) is 136 cm³/mol. The number of benzene rings is 3. The van der Waals surface area contributed by atoms with Crippen LogP contribution in [0.3, 0.4) is 0 Å². The van der Waals surface area contributed by atoms with E-state index in [9.17, 15) is 0 Å². The Morgan fingerprint density at radius 1 is 0.594 bits per heavy atom. The Morgan fingerprint density at radius 3 is 1.56 bits per heavy atom. The molecule has 3 aromatic carbocycles. The van der Waals surface area contributed by atoms with Gasteiger partial charge in [-0.1, -0.05) is 75.9 Å². The molecule has 0 saturated heterocycles. The lowest BCUT2D eigenvalue weighted by Gasteiger charge is -2.07. The fraction of sp³-hybridized carbons (Fsp3) is 0.345. The van der Waals surface area contributed by atoms with Gasteiger partial charge >= 0.3 is 0 Å². The van der Waals surface area contributed by atoms with Crippen molar-refractivity contribution in [1.82, 2.24) is 0 Å². The van der Waals surface area contributed by atoms with Crippen LogP contribution in [-0.2, 0) is 0 Å². The molecule has 0 atom stereocenters. The highest BCUT2D eigenvalue weighted by atomic mass is 16.5. The van der Waals surface area contributed by atoms with Gasteiger partial charge in [0.2, 0.25) is 0 Å². The van der Waals surface area contributed by atoms with Crippen molar-refractivity contribution in [3.05, 3.63) is 78.4 Å². The van der Waals surface area contributed by atoms with Crippen molar-refractivity contribution in [3.8, 4) is 22.6 Å². The molecule has 3 aromatic rings. The number of ether oxygens (including phenoxy) is 2. The van der Waals surface area contributed by atoms with Crippen molar-refractivity contribution in [2.45, 2.75) is 52.4 Å². The summed E-state index contributed by atoms with van der Waals surface area (Å²) in [6.45, 7) is 5.96. The molecule has 3 heteroatoms. The number of aliphatic imine (C=N–C) groups is 1. The number of rotatable bonds is 13. The molecule has 0 aliphatic rings. The third-order valence-electron chi connectivity index (χ3n) is 5.33. The number of unbranched alkanes of at least 4 members (excludes halogenated alkanes) is 4. The minimum Gasteiger partial charge on any atom is -0.494 e. The van der Waals surface area contributed by atoms with Crippen LogP contribution in [0.2, 0.25) is 0 Å². The first-order chi connectivity index (χ1) is 15.8. The number of nitrogens with zero attached hydrogens (tertiary/aromatic N) is 1. The number of hydrogen-bond donors (Lipinski definition) is 0. The summed E-state index contributed by atoms with van der Waals surface area (Å²) in [5.74, 6) is 1.84. The molecular formula is C29H35NO2. The van der Waals surface area contributed by atoms with E-state index in [1.54, 1.807) is 0 Å². The Morgan fingerprint density at radius 2 is 1.06 bits per heavy atom. The second-order valence-electron chi connectivity index (χ2n) is 8.01. The Labute approximate surface area is 193 Å². The second kappa shape index (κ2) is 13.4. The lowest BCUT2D eigenvalue weighted by Crippen LogP contribution is -1.96. The molecule has 0 amide bonds. The van der Waals surface area contributed by atoms with Gasteiger partial charge in [-0.25, -0.2) is 0 Å². The zero-order valence-electron chi connectivity index (χ0n) is 19.4. The van der Waals surface area contributed by atoms with Crippen molar-refractivity contribution in [1.29, 1.82) is 0 Å². The van der Waals surface area contributed by atoms with E-state index < -0.39 is 0 Å². The lowest BCUT2D eigenvalue weighted by molar-refractivity contribution is 0.306. The van der Waals surface area contributed by atoms with E-state index in [4.69, 9.17) is 9.47 Å². The van der Waals surface area contributed by atoms with Crippen LogP contribution in [-0.4, -0.2) is 19.4 Å². The molecule has 0 saturated carbocycles. The summed E-state index contributed by atoms with van der Waals surface area (Å²) in [5, 5.41) is 0. The molecule has 0 bridgehead atoms. The molecule has 0 fully saturated rings. The van der Waals surface area contributed by atoms with E-state index in [-0.39, 0.29) is 0 Å². The fourth-order valence-electron chi connectivity index (χ4n) is 3.37. The van der Waals surface area contributed by atoms with E-state index >= 15 is 0 Å². The van der Waals surface area contributed by atoms with E-state index in [1.165, 1.54) is 36.8 Å². The molecule has 0 aliphatic heterocycles. The van der Waals surface area contributed by atoms with Gasteiger partial charge in [0.05, 0.1) is 18.9 Å². The monoisotopic (exact) mass is 429 g/mol. The maximum atomic E-state index is 5.80. The van der Waals surface area contributed by atoms with Gasteiger partial charge in [-0.2, -0.15) is 0 Å². The van der Waals surface area contributed by atoms with Crippen molar-refractivity contribution >= 4 is 11.9 Å². The topological polar surface area (TPSA) is 30.8 Å². The van der Waals surface area contributed by atoms with Crippen LogP contribution < -0.4 is 9.47 Å². The molecule has 0 heterocycles. The predicted octanol–water partition coefficient (Wildman–Crippen LogP) is 8.24. The maximum Gasteiger partial charge on any atom is 0.119 e. The molecule has 0 radical (unpaired) electrons. The van der Waals surface area contributed by atoms with Gasteiger partial charge < -0.3 is 9.47 Å². The minimum absolute atomic E-state index is 0.775. The van der Waals surface area contributed by atoms with Gasteiger partial charge in [0.15, 0.2) is 0 Å². The SMILES string of the molecule is CCCCCOc1ccc(N=Cc2ccc(-c3ccc(OCCCCC)cc3)cc2)cc1. The average molecular weight is 430 g/mol. The van der Waals surface area contributed by atoms with Gasteiger partial charge in [0.1, 0.15) is 11.5 Å². The molecule has 168 valence electrons. The summed E-state index contributed by atoms with van der Waals surface area (Å²) in [5.41, 5.74) is 4.36.